The number of nitrogens with one attached hydrogen (secondary N) is 1. The van der Waals surface area contributed by atoms with Crippen LogP contribution < -0.4 is 5.32 Å². The van der Waals surface area contributed by atoms with Crippen LogP contribution in [0.1, 0.15) is 11.6 Å². The van der Waals surface area contributed by atoms with E-state index in [2.05, 4.69) is 5.32 Å². The zero-order valence-corrected chi connectivity index (χ0v) is 8.74. The van der Waals surface area contributed by atoms with Gasteiger partial charge in [0, 0.05) is 12.6 Å². The van der Waals surface area contributed by atoms with Gasteiger partial charge >= 0.3 is 0 Å². The van der Waals surface area contributed by atoms with Crippen molar-refractivity contribution in [1.82, 2.24) is 10.2 Å². The second-order valence-corrected chi connectivity index (χ2v) is 3.72. The lowest BCUT2D eigenvalue weighted by Gasteiger charge is -2.30. The minimum Gasteiger partial charge on any atom is -0.339 e. The van der Waals surface area contributed by atoms with E-state index in [1.807, 2.05) is 0 Å². The fourth-order valence-corrected chi connectivity index (χ4v) is 1.70. The highest BCUT2D eigenvalue weighted by molar-refractivity contribution is 5.95. The van der Waals surface area contributed by atoms with Gasteiger partial charge in [0.15, 0.2) is 0 Å². The first-order chi connectivity index (χ1) is 7.59. The van der Waals surface area contributed by atoms with Crippen LogP contribution in [0.25, 0.3) is 0 Å². The number of likely N-dealkylation sites (N-methyl/N-ethyl adjacent to an activating group) is 1. The number of carbonyl (C=O) groups is 2. The van der Waals surface area contributed by atoms with Crippen molar-refractivity contribution in [3.63, 3.8) is 0 Å². The van der Waals surface area contributed by atoms with E-state index in [4.69, 9.17) is 0 Å². The lowest BCUT2D eigenvalue weighted by Crippen LogP contribution is -2.51. The van der Waals surface area contributed by atoms with Gasteiger partial charge in [0.2, 0.25) is 11.8 Å². The van der Waals surface area contributed by atoms with Crippen LogP contribution in [0, 0.1) is 5.82 Å². The van der Waals surface area contributed by atoms with Crippen molar-refractivity contribution in [3.8, 4) is 0 Å². The molecular weight excluding hydrogens is 211 g/mol. The molecule has 0 radical (unpaired) electrons. The quantitative estimate of drug-likeness (QED) is 0.750. The van der Waals surface area contributed by atoms with Crippen LogP contribution in [0.3, 0.4) is 0 Å². The van der Waals surface area contributed by atoms with E-state index in [0.29, 0.717) is 0 Å². The molecule has 1 aromatic carbocycles. The molecule has 0 spiro atoms. The van der Waals surface area contributed by atoms with Gasteiger partial charge in [-0.05, 0) is 6.07 Å². The van der Waals surface area contributed by atoms with Crippen LogP contribution in [0.4, 0.5) is 4.39 Å². The highest BCUT2D eigenvalue weighted by Crippen LogP contribution is 2.20. The second kappa shape index (κ2) is 3.92. The van der Waals surface area contributed by atoms with E-state index >= 15 is 0 Å². The molecule has 1 aromatic rings. The Kier molecular flexibility index (Phi) is 2.60. The third-order valence-electron chi connectivity index (χ3n) is 2.53. The third-order valence-corrected chi connectivity index (χ3v) is 2.53. The van der Waals surface area contributed by atoms with Crippen LogP contribution in [0.5, 0.6) is 0 Å². The molecule has 16 heavy (non-hydrogen) atoms. The van der Waals surface area contributed by atoms with E-state index in [0.717, 1.165) is 0 Å². The number of nitrogens with zero attached hydrogens (tertiary/aromatic N) is 1. The Bertz CT molecular complexity index is 447. The molecular formula is C11H11FN2O2. The second-order valence-electron chi connectivity index (χ2n) is 3.72. The zero-order valence-electron chi connectivity index (χ0n) is 8.74. The molecule has 2 rings (SSSR count). The summed E-state index contributed by atoms with van der Waals surface area (Å²) in [7, 11) is 1.52. The van der Waals surface area contributed by atoms with Gasteiger partial charge in [-0.3, -0.25) is 9.59 Å². The van der Waals surface area contributed by atoms with Crippen molar-refractivity contribution in [3.05, 3.63) is 35.6 Å². The van der Waals surface area contributed by atoms with Crippen LogP contribution in [-0.4, -0.2) is 30.3 Å². The summed E-state index contributed by atoms with van der Waals surface area (Å²) in [6, 6.07) is 5.03. The predicted octanol–water partition coefficient (Wildman–Crippen LogP) is 0.455. The van der Waals surface area contributed by atoms with Gasteiger partial charge in [-0.2, -0.15) is 0 Å². The first-order valence-corrected chi connectivity index (χ1v) is 4.88. The maximum atomic E-state index is 13.5. The summed E-state index contributed by atoms with van der Waals surface area (Å²) < 4.78 is 13.5. The number of amides is 2. The van der Waals surface area contributed by atoms with Gasteiger partial charge in [0.1, 0.15) is 11.9 Å². The molecule has 84 valence electrons. The molecule has 4 nitrogen and oxygen atoms in total. The largest absolute Gasteiger partial charge is 0.339 e. The molecule has 1 heterocycles. The van der Waals surface area contributed by atoms with E-state index in [-0.39, 0.29) is 23.9 Å². The first kappa shape index (κ1) is 10.6. The smallest absolute Gasteiger partial charge is 0.250 e. The standard InChI is InChI=1S/C11H11FN2O2/c1-14-6-9(15)13-10(11(14)16)7-4-2-3-5-8(7)12/h2-5,10H,6H2,1H3,(H,13,15)/t10-/m1/s1. The van der Waals surface area contributed by atoms with E-state index in [1.165, 1.54) is 30.1 Å². The summed E-state index contributed by atoms with van der Waals surface area (Å²) in [5, 5.41) is 2.48. The zero-order chi connectivity index (χ0) is 11.7. The first-order valence-electron chi connectivity index (χ1n) is 4.88. The highest BCUT2D eigenvalue weighted by atomic mass is 19.1. The highest BCUT2D eigenvalue weighted by Gasteiger charge is 2.32. The van der Waals surface area contributed by atoms with Crippen molar-refractivity contribution in [2.45, 2.75) is 6.04 Å². The van der Waals surface area contributed by atoms with Crippen molar-refractivity contribution in [2.24, 2.45) is 0 Å². The average Bonchev–Trinajstić information content (AvgIpc) is 2.24. The SMILES string of the molecule is CN1CC(=O)N[C@H](c2ccccc2F)C1=O. The molecule has 0 aliphatic carbocycles. The Balaban J connectivity index is 2.36. The van der Waals surface area contributed by atoms with Crippen LogP contribution in [-0.2, 0) is 9.59 Å². The summed E-state index contributed by atoms with van der Waals surface area (Å²) in [5.41, 5.74) is 0.201. The normalized spacial score (nSPS) is 20.9. The Morgan fingerprint density at radius 1 is 1.38 bits per heavy atom. The van der Waals surface area contributed by atoms with Crippen molar-refractivity contribution >= 4 is 11.8 Å². The topological polar surface area (TPSA) is 49.4 Å². The van der Waals surface area contributed by atoms with Gasteiger partial charge in [-0.25, -0.2) is 4.39 Å². The van der Waals surface area contributed by atoms with Gasteiger partial charge in [-0.15, -0.1) is 0 Å². The molecule has 0 saturated carbocycles. The van der Waals surface area contributed by atoms with Crippen molar-refractivity contribution in [2.75, 3.05) is 13.6 Å². The summed E-state index contributed by atoms with van der Waals surface area (Å²) in [4.78, 5) is 24.3. The predicted molar refractivity (Wildman–Crippen MR) is 54.9 cm³/mol. The summed E-state index contributed by atoms with van der Waals surface area (Å²) in [6.07, 6.45) is 0. The van der Waals surface area contributed by atoms with E-state index in [9.17, 15) is 14.0 Å². The van der Waals surface area contributed by atoms with Crippen LogP contribution >= 0.6 is 0 Å². The fraction of sp³-hybridized carbons (Fsp3) is 0.273. The lowest BCUT2D eigenvalue weighted by atomic mass is 10.0. The Hall–Kier alpha value is -1.91. The van der Waals surface area contributed by atoms with Gasteiger partial charge in [0.25, 0.3) is 0 Å². The molecule has 1 aliphatic rings. The molecule has 1 fully saturated rings. The molecule has 5 heteroatoms. The minimum absolute atomic E-state index is 0.0176. The van der Waals surface area contributed by atoms with Gasteiger partial charge < -0.3 is 10.2 Å². The third kappa shape index (κ3) is 1.76. The number of hydrogen-bond donors (Lipinski definition) is 1. The summed E-state index contributed by atoms with van der Waals surface area (Å²) in [6.45, 7) is 0.0176. The molecule has 1 N–H and O–H groups in total. The molecule has 1 saturated heterocycles. The molecule has 1 aliphatic heterocycles. The van der Waals surface area contributed by atoms with Crippen LogP contribution in [0.15, 0.2) is 24.3 Å². The lowest BCUT2D eigenvalue weighted by molar-refractivity contribution is -0.143. The Labute approximate surface area is 92.0 Å². The minimum atomic E-state index is -0.910. The molecule has 1 atom stereocenters. The number of piperazine rings is 1. The monoisotopic (exact) mass is 222 g/mol. The van der Waals surface area contributed by atoms with E-state index in [1.54, 1.807) is 6.07 Å². The number of benzene rings is 1. The summed E-state index contributed by atoms with van der Waals surface area (Å²) >= 11 is 0. The molecule has 2 amide bonds. The molecule has 0 bridgehead atoms. The number of carbonyl (C=O) groups excluding carboxylic acids is 2. The van der Waals surface area contributed by atoms with Crippen LogP contribution in [0.2, 0.25) is 0 Å². The van der Waals surface area contributed by atoms with E-state index < -0.39 is 11.9 Å². The van der Waals surface area contributed by atoms with Crippen molar-refractivity contribution < 1.29 is 14.0 Å². The van der Waals surface area contributed by atoms with Gasteiger partial charge in [0.05, 0.1) is 6.54 Å². The Morgan fingerprint density at radius 2 is 2.06 bits per heavy atom. The number of halogens is 1. The molecule has 0 aromatic heterocycles. The maximum absolute atomic E-state index is 13.5. The Morgan fingerprint density at radius 3 is 2.75 bits per heavy atom. The number of hydrogen-bond acceptors (Lipinski definition) is 2. The van der Waals surface area contributed by atoms with Gasteiger partial charge in [-0.1, -0.05) is 18.2 Å². The number of rotatable bonds is 1. The molecule has 0 unspecified atom stereocenters. The van der Waals surface area contributed by atoms with Crippen molar-refractivity contribution in [1.29, 1.82) is 0 Å². The fourth-order valence-electron chi connectivity index (χ4n) is 1.70. The summed E-state index contributed by atoms with van der Waals surface area (Å²) in [5.74, 6) is -1.07. The average molecular weight is 222 g/mol. The maximum Gasteiger partial charge on any atom is 0.250 e.